The summed E-state index contributed by atoms with van der Waals surface area (Å²) in [6.07, 6.45) is 6.88. The molecule has 0 amide bonds. The number of ether oxygens (including phenoxy) is 1. The summed E-state index contributed by atoms with van der Waals surface area (Å²) in [6.45, 7) is 6.05. The minimum atomic E-state index is -0.588. The van der Waals surface area contributed by atoms with Gasteiger partial charge in [-0.2, -0.15) is 0 Å². The van der Waals surface area contributed by atoms with Crippen LogP contribution >= 0.6 is 10.0 Å². The summed E-state index contributed by atoms with van der Waals surface area (Å²) in [7, 11) is -0.588. The van der Waals surface area contributed by atoms with Crippen molar-refractivity contribution in [1.82, 2.24) is 0 Å². The molecule has 0 radical (unpaired) electrons. The van der Waals surface area contributed by atoms with Gasteiger partial charge in [-0.15, -0.1) is 0 Å². The van der Waals surface area contributed by atoms with Gasteiger partial charge in [-0.3, -0.25) is 0 Å². The van der Waals surface area contributed by atoms with Crippen LogP contribution in [0.15, 0.2) is 0 Å². The molecule has 0 aromatic carbocycles. The minimum absolute atomic E-state index is 0.346. The van der Waals surface area contributed by atoms with Crippen LogP contribution in [0.2, 0.25) is 0 Å². The molecule has 1 unspecified atom stereocenters. The Hall–Kier alpha value is 0.270. The molecule has 0 aromatic heterocycles. The maximum Gasteiger partial charge on any atom is 0.0473 e. The van der Waals surface area contributed by atoms with Crippen LogP contribution in [0.1, 0.15) is 26.7 Å². The zero-order valence-corrected chi connectivity index (χ0v) is 10.3. The number of rotatable bonds is 7. The second-order valence-electron chi connectivity index (χ2n) is 4.00. The summed E-state index contributed by atoms with van der Waals surface area (Å²) in [6, 6.07) is 0. The van der Waals surface area contributed by atoms with E-state index in [0.29, 0.717) is 5.37 Å². The predicted octanol–water partition coefficient (Wildman–Crippen LogP) is 2.17. The van der Waals surface area contributed by atoms with Gasteiger partial charge in [0, 0.05) is 18.6 Å². The van der Waals surface area contributed by atoms with Crippen molar-refractivity contribution >= 4 is 10.0 Å². The SMILES string of the molecule is CCCOCCCS(C)(C)C(C)N. The van der Waals surface area contributed by atoms with E-state index in [1.165, 1.54) is 5.75 Å². The fourth-order valence-electron chi connectivity index (χ4n) is 0.965. The average molecular weight is 207 g/mol. The Labute approximate surface area is 84.5 Å². The van der Waals surface area contributed by atoms with Gasteiger partial charge in [0.2, 0.25) is 0 Å². The van der Waals surface area contributed by atoms with Crippen molar-refractivity contribution < 1.29 is 4.74 Å². The first kappa shape index (κ1) is 13.3. The van der Waals surface area contributed by atoms with E-state index in [1.807, 2.05) is 0 Å². The van der Waals surface area contributed by atoms with Crippen LogP contribution in [-0.4, -0.2) is 36.9 Å². The molecule has 0 rings (SSSR count). The maximum atomic E-state index is 5.91. The normalized spacial score (nSPS) is 15.8. The van der Waals surface area contributed by atoms with Gasteiger partial charge in [0.15, 0.2) is 0 Å². The lowest BCUT2D eigenvalue weighted by atomic mass is 10.5. The Morgan fingerprint density at radius 3 is 2.38 bits per heavy atom. The van der Waals surface area contributed by atoms with E-state index in [2.05, 4.69) is 26.4 Å². The first-order valence-corrected chi connectivity index (χ1v) is 7.72. The molecule has 2 N–H and O–H groups in total. The van der Waals surface area contributed by atoms with Gasteiger partial charge in [-0.1, -0.05) is 6.92 Å². The Bertz CT molecular complexity index is 126. The fourth-order valence-corrected chi connectivity index (χ4v) is 2.20. The van der Waals surface area contributed by atoms with Crippen molar-refractivity contribution in [3.63, 3.8) is 0 Å². The topological polar surface area (TPSA) is 35.2 Å². The first-order valence-electron chi connectivity index (χ1n) is 5.04. The molecule has 0 saturated heterocycles. The Kier molecular flexibility index (Phi) is 6.82. The molecule has 0 bridgehead atoms. The molecular formula is C10H25NOS. The van der Waals surface area contributed by atoms with Crippen LogP contribution in [-0.2, 0) is 4.74 Å². The van der Waals surface area contributed by atoms with E-state index in [-0.39, 0.29) is 0 Å². The van der Waals surface area contributed by atoms with E-state index in [0.717, 1.165) is 26.1 Å². The molecule has 13 heavy (non-hydrogen) atoms. The van der Waals surface area contributed by atoms with E-state index in [1.54, 1.807) is 0 Å². The number of hydrogen-bond acceptors (Lipinski definition) is 2. The molecule has 0 aliphatic heterocycles. The molecule has 3 heteroatoms. The van der Waals surface area contributed by atoms with Gasteiger partial charge in [0.05, 0.1) is 0 Å². The van der Waals surface area contributed by atoms with E-state index >= 15 is 0 Å². The molecule has 0 fully saturated rings. The van der Waals surface area contributed by atoms with E-state index < -0.39 is 10.0 Å². The van der Waals surface area contributed by atoms with Crippen molar-refractivity contribution in [1.29, 1.82) is 0 Å². The molecule has 0 aliphatic rings. The van der Waals surface area contributed by atoms with Gasteiger partial charge in [0.25, 0.3) is 0 Å². The van der Waals surface area contributed by atoms with Crippen molar-refractivity contribution in [3.8, 4) is 0 Å². The van der Waals surface area contributed by atoms with Crippen LogP contribution in [0.25, 0.3) is 0 Å². The van der Waals surface area contributed by atoms with Gasteiger partial charge in [-0.25, -0.2) is 10.0 Å². The van der Waals surface area contributed by atoms with Crippen molar-refractivity contribution in [2.24, 2.45) is 5.73 Å². The van der Waals surface area contributed by atoms with Crippen molar-refractivity contribution in [2.75, 3.05) is 31.5 Å². The molecule has 0 aromatic rings. The highest BCUT2D eigenvalue weighted by Gasteiger charge is 2.15. The monoisotopic (exact) mass is 207 g/mol. The van der Waals surface area contributed by atoms with Gasteiger partial charge >= 0.3 is 0 Å². The van der Waals surface area contributed by atoms with Crippen molar-refractivity contribution in [2.45, 2.75) is 32.1 Å². The molecule has 2 nitrogen and oxygen atoms in total. The maximum absolute atomic E-state index is 5.91. The molecular weight excluding hydrogens is 182 g/mol. The Morgan fingerprint density at radius 2 is 1.92 bits per heavy atom. The lowest BCUT2D eigenvalue weighted by molar-refractivity contribution is 0.136. The highest BCUT2D eigenvalue weighted by atomic mass is 32.3. The Balaban J connectivity index is 3.41. The molecule has 82 valence electrons. The summed E-state index contributed by atoms with van der Waals surface area (Å²) < 4.78 is 5.43. The van der Waals surface area contributed by atoms with Crippen LogP contribution in [0.3, 0.4) is 0 Å². The summed E-state index contributed by atoms with van der Waals surface area (Å²) >= 11 is 0. The van der Waals surface area contributed by atoms with Gasteiger partial charge < -0.3 is 10.5 Å². The van der Waals surface area contributed by atoms with Gasteiger partial charge in [0.1, 0.15) is 0 Å². The van der Waals surface area contributed by atoms with Crippen LogP contribution in [0.4, 0.5) is 0 Å². The summed E-state index contributed by atoms with van der Waals surface area (Å²) in [5, 5.41) is 0.346. The molecule has 1 atom stereocenters. The summed E-state index contributed by atoms with van der Waals surface area (Å²) in [5.74, 6) is 1.23. The van der Waals surface area contributed by atoms with E-state index in [9.17, 15) is 0 Å². The number of hydrogen-bond donors (Lipinski definition) is 1. The van der Waals surface area contributed by atoms with Crippen LogP contribution < -0.4 is 5.73 Å². The summed E-state index contributed by atoms with van der Waals surface area (Å²) in [4.78, 5) is 0. The average Bonchev–Trinajstić information content (AvgIpc) is 2.03. The standard InChI is InChI=1S/C10H25NOS/c1-5-7-12-8-6-9-13(3,4)10(2)11/h10H,5-9,11H2,1-4H3. The fraction of sp³-hybridized carbons (Fsp3) is 1.00. The molecule has 0 saturated carbocycles. The van der Waals surface area contributed by atoms with E-state index in [4.69, 9.17) is 10.5 Å². The molecule has 0 spiro atoms. The third kappa shape index (κ3) is 6.36. The second kappa shape index (κ2) is 6.68. The highest BCUT2D eigenvalue weighted by Crippen LogP contribution is 2.42. The zero-order chi connectivity index (χ0) is 10.3. The second-order valence-corrected chi connectivity index (χ2v) is 8.40. The van der Waals surface area contributed by atoms with Crippen LogP contribution in [0.5, 0.6) is 0 Å². The Morgan fingerprint density at radius 1 is 1.31 bits per heavy atom. The lowest BCUT2D eigenvalue weighted by Crippen LogP contribution is -2.25. The zero-order valence-electron chi connectivity index (χ0n) is 9.51. The smallest absolute Gasteiger partial charge is 0.0473 e. The number of nitrogens with two attached hydrogens (primary N) is 1. The first-order chi connectivity index (χ1) is 6.00. The molecule has 0 heterocycles. The molecule has 0 aliphatic carbocycles. The third-order valence-electron chi connectivity index (χ3n) is 2.31. The summed E-state index contributed by atoms with van der Waals surface area (Å²) in [5.41, 5.74) is 5.91. The largest absolute Gasteiger partial charge is 0.381 e. The van der Waals surface area contributed by atoms with Crippen molar-refractivity contribution in [3.05, 3.63) is 0 Å². The van der Waals surface area contributed by atoms with Crippen LogP contribution in [0, 0.1) is 0 Å². The quantitative estimate of drug-likeness (QED) is 0.649. The lowest BCUT2D eigenvalue weighted by Gasteiger charge is -2.35. The minimum Gasteiger partial charge on any atom is -0.381 e. The third-order valence-corrected chi connectivity index (χ3v) is 5.67. The van der Waals surface area contributed by atoms with Gasteiger partial charge in [-0.05, 0) is 38.0 Å². The predicted molar refractivity (Wildman–Crippen MR) is 63.7 cm³/mol. The highest BCUT2D eigenvalue weighted by molar-refractivity contribution is 8.33.